The molecule has 0 saturated heterocycles. The highest BCUT2D eigenvalue weighted by Crippen LogP contribution is 2.38. The fraction of sp³-hybridized carbons (Fsp3) is 0.417. The molecule has 0 amide bonds. The van der Waals surface area contributed by atoms with E-state index in [1.54, 1.807) is 32.0 Å². The van der Waals surface area contributed by atoms with Crippen LogP contribution in [0, 0.1) is 0 Å². The second-order valence-electron chi connectivity index (χ2n) is 4.39. The van der Waals surface area contributed by atoms with Gasteiger partial charge in [0, 0.05) is 11.0 Å². The Morgan fingerprint density at radius 3 is 2.53 bits per heavy atom. The molecule has 0 aliphatic heterocycles. The predicted octanol–water partition coefficient (Wildman–Crippen LogP) is 1.09. The van der Waals surface area contributed by atoms with E-state index in [2.05, 4.69) is 0 Å². The molecule has 0 spiro atoms. The largest absolute Gasteiger partial charge is 0.504 e. The molecule has 0 radical (unpaired) electrons. The Morgan fingerprint density at radius 2 is 2.06 bits per heavy atom. The number of carboxylic acid groups (broad SMARTS) is 1. The lowest BCUT2D eigenvalue weighted by Gasteiger charge is -2.30. The zero-order valence-electron chi connectivity index (χ0n) is 10.1. The summed E-state index contributed by atoms with van der Waals surface area (Å²) in [7, 11) is 1.43. The minimum Gasteiger partial charge on any atom is -0.504 e. The van der Waals surface area contributed by atoms with Gasteiger partial charge in [-0.2, -0.15) is 0 Å². The van der Waals surface area contributed by atoms with Crippen LogP contribution in [0.1, 0.15) is 19.4 Å². The van der Waals surface area contributed by atoms with Crippen LogP contribution in [0.2, 0.25) is 0 Å². The van der Waals surface area contributed by atoms with Crippen LogP contribution in [0.3, 0.4) is 0 Å². The van der Waals surface area contributed by atoms with Gasteiger partial charge >= 0.3 is 5.97 Å². The van der Waals surface area contributed by atoms with Gasteiger partial charge in [0.05, 0.1) is 7.11 Å². The molecule has 0 aliphatic carbocycles. The molecule has 94 valence electrons. The number of phenolic OH excluding ortho intramolecular Hbond substituents is 1. The van der Waals surface area contributed by atoms with Gasteiger partial charge in [-0.25, -0.2) is 0 Å². The summed E-state index contributed by atoms with van der Waals surface area (Å²) < 4.78 is 4.98. The van der Waals surface area contributed by atoms with Gasteiger partial charge in [0.25, 0.3) is 0 Å². The van der Waals surface area contributed by atoms with Crippen LogP contribution in [0.4, 0.5) is 0 Å². The van der Waals surface area contributed by atoms with E-state index in [0.717, 1.165) is 0 Å². The first kappa shape index (κ1) is 13.3. The van der Waals surface area contributed by atoms with Crippen molar-refractivity contribution < 1.29 is 19.7 Å². The third-order valence-corrected chi connectivity index (χ3v) is 2.96. The number of hydrogen-bond acceptors (Lipinski definition) is 4. The third-order valence-electron chi connectivity index (χ3n) is 2.96. The Bertz CT molecular complexity index is 429. The number of ether oxygens (including phenoxy) is 1. The van der Waals surface area contributed by atoms with Crippen LogP contribution >= 0.6 is 0 Å². The van der Waals surface area contributed by atoms with Gasteiger partial charge in [0.15, 0.2) is 11.5 Å². The minimum atomic E-state index is -1.11. The number of benzene rings is 1. The number of phenols is 1. The molecule has 4 N–H and O–H groups in total. The van der Waals surface area contributed by atoms with Crippen molar-refractivity contribution in [2.75, 3.05) is 7.11 Å². The van der Waals surface area contributed by atoms with Crippen molar-refractivity contribution >= 4 is 5.97 Å². The average molecular weight is 239 g/mol. The van der Waals surface area contributed by atoms with E-state index < -0.39 is 17.4 Å². The van der Waals surface area contributed by atoms with Crippen molar-refractivity contribution in [3.63, 3.8) is 0 Å². The molecular weight excluding hydrogens is 222 g/mol. The first-order valence-corrected chi connectivity index (χ1v) is 5.17. The van der Waals surface area contributed by atoms with Crippen molar-refractivity contribution in [3.05, 3.63) is 23.8 Å². The lowest BCUT2D eigenvalue weighted by Crippen LogP contribution is -2.46. The topological polar surface area (TPSA) is 92.8 Å². The fourth-order valence-electron chi connectivity index (χ4n) is 1.68. The Balaban J connectivity index is 3.28. The molecule has 0 fully saturated rings. The van der Waals surface area contributed by atoms with E-state index in [1.807, 2.05) is 0 Å². The van der Waals surface area contributed by atoms with Gasteiger partial charge in [-0.3, -0.25) is 4.79 Å². The second-order valence-corrected chi connectivity index (χ2v) is 4.39. The molecule has 0 bridgehead atoms. The molecule has 5 heteroatoms. The Kier molecular flexibility index (Phi) is 3.63. The van der Waals surface area contributed by atoms with Gasteiger partial charge in [-0.15, -0.1) is 0 Å². The number of carbonyl (C=O) groups is 1. The highest BCUT2D eigenvalue weighted by Gasteiger charge is 2.36. The lowest BCUT2D eigenvalue weighted by molar-refractivity contribution is -0.140. The smallest absolute Gasteiger partial charge is 0.321 e. The van der Waals surface area contributed by atoms with Crippen LogP contribution in [0.25, 0.3) is 0 Å². The van der Waals surface area contributed by atoms with E-state index in [0.29, 0.717) is 11.3 Å². The van der Waals surface area contributed by atoms with Crippen LogP contribution in [0.15, 0.2) is 18.2 Å². The number of nitrogens with two attached hydrogens (primary N) is 1. The van der Waals surface area contributed by atoms with Crippen molar-refractivity contribution in [1.82, 2.24) is 0 Å². The molecule has 1 aromatic rings. The molecule has 5 nitrogen and oxygen atoms in total. The fourth-order valence-corrected chi connectivity index (χ4v) is 1.68. The summed E-state index contributed by atoms with van der Waals surface area (Å²) in [6.45, 7) is 3.33. The first-order valence-electron chi connectivity index (χ1n) is 5.17. The summed E-state index contributed by atoms with van der Waals surface area (Å²) in [5, 5.41) is 18.9. The highest BCUT2D eigenvalue weighted by molar-refractivity contribution is 5.76. The summed E-state index contributed by atoms with van der Waals surface area (Å²) in [6.07, 6.45) is 0. The Morgan fingerprint density at radius 1 is 1.47 bits per heavy atom. The van der Waals surface area contributed by atoms with E-state index in [1.165, 1.54) is 7.11 Å². The number of aliphatic carboxylic acids is 1. The van der Waals surface area contributed by atoms with E-state index in [-0.39, 0.29) is 5.75 Å². The van der Waals surface area contributed by atoms with Gasteiger partial charge in [-0.1, -0.05) is 26.0 Å². The molecule has 1 rings (SSSR count). The lowest BCUT2D eigenvalue weighted by atomic mass is 9.77. The summed E-state index contributed by atoms with van der Waals surface area (Å²) >= 11 is 0. The first-order chi connectivity index (χ1) is 7.82. The predicted molar refractivity (Wildman–Crippen MR) is 63.3 cm³/mol. The second kappa shape index (κ2) is 4.63. The molecule has 0 aromatic heterocycles. The number of hydrogen-bond donors (Lipinski definition) is 3. The molecule has 1 aromatic carbocycles. The summed E-state index contributed by atoms with van der Waals surface area (Å²) in [6, 6.07) is 3.81. The third kappa shape index (κ3) is 2.34. The zero-order chi connectivity index (χ0) is 13.2. The zero-order valence-corrected chi connectivity index (χ0v) is 10.1. The van der Waals surface area contributed by atoms with Crippen LogP contribution in [-0.4, -0.2) is 29.3 Å². The normalized spacial score (nSPS) is 13.2. The van der Waals surface area contributed by atoms with Crippen molar-refractivity contribution in [2.24, 2.45) is 5.73 Å². The van der Waals surface area contributed by atoms with E-state index in [4.69, 9.17) is 15.6 Å². The summed E-state index contributed by atoms with van der Waals surface area (Å²) in [4.78, 5) is 10.9. The standard InChI is InChI=1S/C12H17NO4/c1-12(2,10(13)11(15)16)7-5-4-6-8(17-3)9(7)14/h4-6,10,14H,13H2,1-3H3,(H,15,16). The van der Waals surface area contributed by atoms with Crippen molar-refractivity contribution in [1.29, 1.82) is 0 Å². The van der Waals surface area contributed by atoms with Gasteiger partial charge < -0.3 is 20.7 Å². The molecule has 0 heterocycles. The number of para-hydroxylation sites is 1. The van der Waals surface area contributed by atoms with E-state index in [9.17, 15) is 9.90 Å². The number of methoxy groups -OCH3 is 1. The maximum absolute atomic E-state index is 10.9. The molecule has 0 aliphatic rings. The molecule has 0 saturated carbocycles. The monoisotopic (exact) mass is 239 g/mol. The highest BCUT2D eigenvalue weighted by atomic mass is 16.5. The quantitative estimate of drug-likeness (QED) is 0.731. The number of carboxylic acids is 1. The van der Waals surface area contributed by atoms with Crippen LogP contribution in [0.5, 0.6) is 11.5 Å². The average Bonchev–Trinajstić information content (AvgIpc) is 2.27. The molecule has 1 atom stereocenters. The summed E-state index contributed by atoms with van der Waals surface area (Å²) in [5.74, 6) is -0.887. The van der Waals surface area contributed by atoms with Gasteiger partial charge in [-0.05, 0) is 6.07 Å². The van der Waals surface area contributed by atoms with Crippen molar-refractivity contribution in [3.8, 4) is 11.5 Å². The van der Waals surface area contributed by atoms with Crippen LogP contribution < -0.4 is 10.5 Å². The summed E-state index contributed by atoms with van der Waals surface area (Å²) in [5.41, 5.74) is 5.19. The maximum Gasteiger partial charge on any atom is 0.321 e. The number of rotatable bonds is 4. The minimum absolute atomic E-state index is 0.0725. The van der Waals surface area contributed by atoms with Crippen LogP contribution in [-0.2, 0) is 10.2 Å². The SMILES string of the molecule is COc1cccc(C(C)(C)C(N)C(=O)O)c1O. The Labute approximate surface area is 99.8 Å². The molecule has 1 unspecified atom stereocenters. The van der Waals surface area contributed by atoms with Gasteiger partial charge in [0.2, 0.25) is 0 Å². The maximum atomic E-state index is 10.9. The van der Waals surface area contributed by atoms with Crippen molar-refractivity contribution in [2.45, 2.75) is 25.3 Å². The van der Waals surface area contributed by atoms with Gasteiger partial charge in [0.1, 0.15) is 6.04 Å². The molecular formula is C12H17NO4. The molecule has 17 heavy (non-hydrogen) atoms. The Hall–Kier alpha value is -1.75. The van der Waals surface area contributed by atoms with E-state index >= 15 is 0 Å². The number of aromatic hydroxyl groups is 1.